The fraction of sp³-hybridized carbons (Fsp3) is 0.636. The molecule has 0 aliphatic rings. The van der Waals surface area contributed by atoms with Crippen molar-refractivity contribution < 1.29 is 4.43 Å². The van der Waals surface area contributed by atoms with Gasteiger partial charge >= 0.3 is 0 Å². The maximum atomic E-state index is 6.14. The average molecular weight is 354 g/mol. The number of hydrogen-bond donors (Lipinski definition) is 0. The Hall–Kier alpha value is 0.607. The van der Waals surface area contributed by atoms with Crippen molar-refractivity contribution in [3.63, 3.8) is 0 Å². The van der Waals surface area contributed by atoms with Gasteiger partial charge in [0.15, 0.2) is 8.32 Å². The first-order valence-corrected chi connectivity index (χ1v) is 9.91. The lowest BCUT2D eigenvalue weighted by Gasteiger charge is -2.36. The summed E-state index contributed by atoms with van der Waals surface area (Å²) < 4.78 is 7.47. The highest BCUT2D eigenvalue weighted by molar-refractivity contribution is 14.1. The van der Waals surface area contributed by atoms with Crippen LogP contribution in [0.25, 0.3) is 0 Å². The van der Waals surface area contributed by atoms with Gasteiger partial charge in [-0.1, -0.05) is 20.8 Å². The van der Waals surface area contributed by atoms with E-state index in [0.717, 1.165) is 6.61 Å². The van der Waals surface area contributed by atoms with Crippen LogP contribution in [0.5, 0.6) is 0 Å². The van der Waals surface area contributed by atoms with E-state index in [1.165, 1.54) is 7.76 Å². The van der Waals surface area contributed by atoms with Crippen molar-refractivity contribution in [1.82, 2.24) is 0 Å². The number of thiophene rings is 1. The predicted molar refractivity (Wildman–Crippen MR) is 79.0 cm³/mol. The standard InChI is InChI=1S/C11H19IOSSi/c1-11(2,3)15(4,5)13-8-9-6-7-10(12)14-9/h6-7H,8H2,1-5H3. The van der Waals surface area contributed by atoms with Gasteiger partial charge in [-0.3, -0.25) is 0 Å². The Labute approximate surface area is 112 Å². The molecule has 0 unspecified atom stereocenters. The highest BCUT2D eigenvalue weighted by atomic mass is 127. The molecule has 4 heteroatoms. The third-order valence-electron chi connectivity index (χ3n) is 3.01. The van der Waals surface area contributed by atoms with Crippen molar-refractivity contribution in [2.75, 3.05) is 0 Å². The molecule has 1 aromatic heterocycles. The molecule has 15 heavy (non-hydrogen) atoms. The van der Waals surface area contributed by atoms with Crippen molar-refractivity contribution in [3.8, 4) is 0 Å². The molecular formula is C11H19IOSSi. The SMILES string of the molecule is CC(C)(C)[Si](C)(C)OCc1ccc(I)s1. The van der Waals surface area contributed by atoms with Gasteiger partial charge in [0.2, 0.25) is 0 Å². The summed E-state index contributed by atoms with van der Waals surface area (Å²) in [5.74, 6) is 0. The third-order valence-corrected chi connectivity index (χ3v) is 9.36. The predicted octanol–water partition coefficient (Wildman–Crippen LogP) is 4.87. The first-order chi connectivity index (χ1) is 6.72. The normalized spacial score (nSPS) is 13.2. The zero-order chi connectivity index (χ0) is 11.7. The van der Waals surface area contributed by atoms with Crippen molar-refractivity contribution >= 4 is 42.2 Å². The summed E-state index contributed by atoms with van der Waals surface area (Å²) in [5, 5.41) is 0.303. The van der Waals surface area contributed by atoms with E-state index in [4.69, 9.17) is 4.43 Å². The molecule has 0 saturated carbocycles. The molecule has 0 radical (unpaired) electrons. The van der Waals surface area contributed by atoms with Crippen LogP contribution in [0.1, 0.15) is 25.6 Å². The van der Waals surface area contributed by atoms with E-state index in [0.29, 0.717) is 5.04 Å². The first kappa shape index (κ1) is 13.7. The molecular weight excluding hydrogens is 335 g/mol. The van der Waals surface area contributed by atoms with Crippen LogP contribution < -0.4 is 0 Å². The Morgan fingerprint density at radius 3 is 2.33 bits per heavy atom. The summed E-state index contributed by atoms with van der Waals surface area (Å²) >= 11 is 4.17. The summed E-state index contributed by atoms with van der Waals surface area (Å²) in [7, 11) is -1.57. The molecule has 0 spiro atoms. The fourth-order valence-corrected chi connectivity index (χ4v) is 3.62. The number of halogens is 1. The van der Waals surface area contributed by atoms with E-state index in [2.05, 4.69) is 68.6 Å². The van der Waals surface area contributed by atoms with Crippen molar-refractivity contribution in [1.29, 1.82) is 0 Å². The van der Waals surface area contributed by atoms with Crippen LogP contribution in [0.4, 0.5) is 0 Å². The molecule has 0 aliphatic heterocycles. The van der Waals surface area contributed by atoms with Gasteiger partial charge < -0.3 is 4.43 Å². The smallest absolute Gasteiger partial charge is 0.192 e. The molecule has 0 aromatic carbocycles. The van der Waals surface area contributed by atoms with Crippen LogP contribution in [-0.2, 0) is 11.0 Å². The van der Waals surface area contributed by atoms with E-state index in [-0.39, 0.29) is 0 Å². The molecule has 1 aromatic rings. The topological polar surface area (TPSA) is 9.23 Å². The van der Waals surface area contributed by atoms with Gasteiger partial charge in [-0.2, -0.15) is 0 Å². The van der Waals surface area contributed by atoms with Crippen LogP contribution in [0, 0.1) is 2.88 Å². The summed E-state index contributed by atoms with van der Waals surface area (Å²) in [6.45, 7) is 12.2. The molecule has 0 N–H and O–H groups in total. The van der Waals surface area contributed by atoms with Crippen LogP contribution in [0.2, 0.25) is 18.1 Å². The maximum absolute atomic E-state index is 6.14. The van der Waals surface area contributed by atoms with Crippen LogP contribution >= 0.6 is 33.9 Å². The molecule has 0 bridgehead atoms. The second-order valence-corrected chi connectivity index (χ2v) is 13.1. The highest BCUT2D eigenvalue weighted by Crippen LogP contribution is 2.37. The number of rotatable bonds is 3. The quantitative estimate of drug-likeness (QED) is 0.556. The minimum absolute atomic E-state index is 0.303. The Bertz CT molecular complexity index is 328. The van der Waals surface area contributed by atoms with Crippen molar-refractivity contribution in [3.05, 3.63) is 19.9 Å². The van der Waals surface area contributed by atoms with Gasteiger partial charge in [-0.05, 0) is 52.9 Å². The lowest BCUT2D eigenvalue weighted by molar-refractivity contribution is 0.279. The molecule has 1 nitrogen and oxygen atoms in total. The molecule has 0 aliphatic carbocycles. The lowest BCUT2D eigenvalue weighted by atomic mass is 10.2. The summed E-state index contributed by atoms with van der Waals surface area (Å²) in [5.41, 5.74) is 0. The number of hydrogen-bond acceptors (Lipinski definition) is 2. The summed E-state index contributed by atoms with van der Waals surface area (Å²) in [6.07, 6.45) is 0. The largest absolute Gasteiger partial charge is 0.412 e. The molecule has 0 amide bonds. The molecule has 0 atom stereocenters. The Morgan fingerprint density at radius 2 is 1.93 bits per heavy atom. The molecule has 1 heterocycles. The minimum Gasteiger partial charge on any atom is -0.412 e. The highest BCUT2D eigenvalue weighted by Gasteiger charge is 2.37. The maximum Gasteiger partial charge on any atom is 0.192 e. The Morgan fingerprint density at radius 1 is 1.33 bits per heavy atom. The Balaban J connectivity index is 2.57. The van der Waals surface area contributed by atoms with Gasteiger partial charge in [0.25, 0.3) is 0 Å². The van der Waals surface area contributed by atoms with E-state index in [1.54, 1.807) is 0 Å². The lowest BCUT2D eigenvalue weighted by Crippen LogP contribution is -2.40. The van der Waals surface area contributed by atoms with Crippen LogP contribution in [0.3, 0.4) is 0 Å². The monoisotopic (exact) mass is 354 g/mol. The van der Waals surface area contributed by atoms with Crippen LogP contribution in [0.15, 0.2) is 12.1 Å². The second-order valence-electron chi connectivity index (χ2n) is 5.25. The van der Waals surface area contributed by atoms with Gasteiger partial charge in [-0.15, -0.1) is 11.3 Å². The molecule has 0 fully saturated rings. The van der Waals surface area contributed by atoms with E-state index < -0.39 is 8.32 Å². The zero-order valence-corrected chi connectivity index (χ0v) is 14.0. The summed E-state index contributed by atoms with van der Waals surface area (Å²) in [4.78, 5) is 1.34. The molecule has 1 rings (SSSR count). The second kappa shape index (κ2) is 4.85. The third kappa shape index (κ3) is 3.83. The van der Waals surface area contributed by atoms with Gasteiger partial charge in [0, 0.05) is 4.88 Å². The molecule has 0 saturated heterocycles. The Kier molecular flexibility index (Phi) is 4.42. The summed E-state index contributed by atoms with van der Waals surface area (Å²) in [6, 6.07) is 4.31. The average Bonchev–Trinajstić information content (AvgIpc) is 2.46. The van der Waals surface area contributed by atoms with Gasteiger partial charge in [0.05, 0.1) is 9.49 Å². The van der Waals surface area contributed by atoms with E-state index in [9.17, 15) is 0 Å². The van der Waals surface area contributed by atoms with Crippen molar-refractivity contribution in [2.24, 2.45) is 0 Å². The zero-order valence-electron chi connectivity index (χ0n) is 10.1. The van der Waals surface area contributed by atoms with Crippen LogP contribution in [-0.4, -0.2) is 8.32 Å². The van der Waals surface area contributed by atoms with Gasteiger partial charge in [0.1, 0.15) is 0 Å². The first-order valence-electron chi connectivity index (χ1n) is 5.10. The van der Waals surface area contributed by atoms with E-state index in [1.807, 2.05) is 11.3 Å². The van der Waals surface area contributed by atoms with Crippen molar-refractivity contribution in [2.45, 2.75) is 45.5 Å². The molecule has 86 valence electrons. The fourth-order valence-electron chi connectivity index (χ4n) is 0.897. The van der Waals surface area contributed by atoms with E-state index >= 15 is 0 Å². The minimum atomic E-state index is -1.57. The van der Waals surface area contributed by atoms with Gasteiger partial charge in [-0.25, -0.2) is 0 Å².